The summed E-state index contributed by atoms with van der Waals surface area (Å²) in [5, 5.41) is 4.36. The van der Waals surface area contributed by atoms with Gasteiger partial charge in [-0.15, -0.1) is 11.3 Å². The van der Waals surface area contributed by atoms with Crippen LogP contribution in [0.1, 0.15) is 18.2 Å². The molecule has 0 atom stereocenters. The highest BCUT2D eigenvalue weighted by atomic mass is 32.1. The number of aromatic nitrogens is 2. The van der Waals surface area contributed by atoms with Gasteiger partial charge in [0.05, 0.1) is 18.2 Å². The van der Waals surface area contributed by atoms with Gasteiger partial charge in [0.2, 0.25) is 5.91 Å². The van der Waals surface area contributed by atoms with Crippen molar-refractivity contribution < 1.29 is 9.53 Å². The fourth-order valence-electron chi connectivity index (χ4n) is 3.75. The van der Waals surface area contributed by atoms with Crippen LogP contribution >= 0.6 is 11.3 Å². The van der Waals surface area contributed by atoms with Gasteiger partial charge in [-0.2, -0.15) is 0 Å². The van der Waals surface area contributed by atoms with Crippen LogP contribution in [0.2, 0.25) is 0 Å². The number of nitrogens with one attached hydrogen (secondary N) is 1. The number of nitrogens with zero attached hydrogens (tertiary/aromatic N) is 4. The van der Waals surface area contributed by atoms with E-state index in [1.165, 1.54) is 4.88 Å². The average Bonchev–Trinajstić information content (AvgIpc) is 3.23. The monoisotopic (exact) mass is 425 g/mol. The number of rotatable bonds is 7. The lowest BCUT2D eigenvalue weighted by molar-refractivity contribution is -0.131. The van der Waals surface area contributed by atoms with Crippen LogP contribution in [0.5, 0.6) is 5.75 Å². The Morgan fingerprint density at radius 1 is 1.20 bits per heavy atom. The summed E-state index contributed by atoms with van der Waals surface area (Å²) in [5.74, 6) is 1.86. The van der Waals surface area contributed by atoms with Gasteiger partial charge in [0.1, 0.15) is 22.7 Å². The van der Waals surface area contributed by atoms with Crippen molar-refractivity contribution >= 4 is 39.0 Å². The molecule has 1 amide bonds. The molecule has 1 aliphatic heterocycles. The van der Waals surface area contributed by atoms with Crippen molar-refractivity contribution in [3.63, 3.8) is 0 Å². The lowest BCUT2D eigenvalue weighted by Gasteiger charge is -2.36. The van der Waals surface area contributed by atoms with Crippen LogP contribution in [0.25, 0.3) is 10.2 Å². The van der Waals surface area contributed by atoms with E-state index in [9.17, 15) is 4.79 Å². The van der Waals surface area contributed by atoms with Gasteiger partial charge in [-0.1, -0.05) is 19.1 Å². The van der Waals surface area contributed by atoms with E-state index in [2.05, 4.69) is 39.2 Å². The lowest BCUT2D eigenvalue weighted by Crippen LogP contribution is -2.49. The molecular formula is C22H27N5O2S. The van der Waals surface area contributed by atoms with Crippen molar-refractivity contribution in [2.24, 2.45) is 0 Å². The minimum absolute atomic E-state index is 0.173. The quantitative estimate of drug-likeness (QED) is 0.626. The van der Waals surface area contributed by atoms with Crippen LogP contribution in [0, 0.1) is 0 Å². The van der Waals surface area contributed by atoms with Crippen molar-refractivity contribution in [1.29, 1.82) is 0 Å². The molecule has 30 heavy (non-hydrogen) atoms. The summed E-state index contributed by atoms with van der Waals surface area (Å²) < 4.78 is 5.47. The maximum atomic E-state index is 12.7. The maximum absolute atomic E-state index is 12.7. The summed E-state index contributed by atoms with van der Waals surface area (Å²) in [6.45, 7) is 5.76. The number of carbonyl (C=O) groups is 1. The summed E-state index contributed by atoms with van der Waals surface area (Å²) in [5.41, 5.74) is 1.09. The number of methoxy groups -OCH3 is 1. The predicted octanol–water partition coefficient (Wildman–Crippen LogP) is 3.41. The van der Waals surface area contributed by atoms with E-state index in [0.717, 1.165) is 60.1 Å². The second kappa shape index (κ2) is 9.30. The van der Waals surface area contributed by atoms with E-state index < -0.39 is 0 Å². The Hall–Kier alpha value is -2.87. The molecule has 0 spiro atoms. The molecule has 3 heterocycles. The molecule has 1 saturated heterocycles. The highest BCUT2D eigenvalue weighted by Crippen LogP contribution is 2.29. The Labute approximate surface area is 180 Å². The Balaban J connectivity index is 1.29. The molecule has 0 saturated carbocycles. The van der Waals surface area contributed by atoms with Crippen molar-refractivity contribution in [3.05, 3.63) is 41.5 Å². The largest absolute Gasteiger partial charge is 0.495 e. The molecule has 2 aromatic heterocycles. The topological polar surface area (TPSA) is 70.6 Å². The molecule has 1 N–H and O–H groups in total. The van der Waals surface area contributed by atoms with E-state index in [1.807, 2.05) is 23.1 Å². The maximum Gasteiger partial charge on any atom is 0.224 e. The van der Waals surface area contributed by atoms with E-state index in [0.29, 0.717) is 13.0 Å². The van der Waals surface area contributed by atoms with Crippen LogP contribution in [0.4, 0.5) is 11.5 Å². The Bertz CT molecular complexity index is 1010. The van der Waals surface area contributed by atoms with Gasteiger partial charge in [-0.3, -0.25) is 4.79 Å². The number of thiophene rings is 1. The Morgan fingerprint density at radius 2 is 2.00 bits per heavy atom. The van der Waals surface area contributed by atoms with Crippen LogP contribution < -0.4 is 15.0 Å². The summed E-state index contributed by atoms with van der Waals surface area (Å²) in [7, 11) is 1.69. The molecule has 1 fully saturated rings. The van der Waals surface area contributed by atoms with Crippen molar-refractivity contribution in [2.45, 2.75) is 19.8 Å². The molecule has 0 radical (unpaired) electrons. The van der Waals surface area contributed by atoms with E-state index in [-0.39, 0.29) is 5.91 Å². The van der Waals surface area contributed by atoms with E-state index in [4.69, 9.17) is 4.74 Å². The highest BCUT2D eigenvalue weighted by molar-refractivity contribution is 7.18. The van der Waals surface area contributed by atoms with Gasteiger partial charge in [0, 0.05) is 44.0 Å². The first-order valence-corrected chi connectivity index (χ1v) is 11.1. The fraction of sp³-hybridized carbons (Fsp3) is 0.409. The fourth-order valence-corrected chi connectivity index (χ4v) is 4.69. The molecule has 1 aliphatic rings. The van der Waals surface area contributed by atoms with Gasteiger partial charge >= 0.3 is 0 Å². The SMILES string of the molecule is CCc1cc2c(NCCC(=O)N3CCN(c4ccccc4OC)CC3)ncnc2s1. The second-order valence-electron chi connectivity index (χ2n) is 7.22. The van der Waals surface area contributed by atoms with Gasteiger partial charge in [-0.25, -0.2) is 9.97 Å². The minimum Gasteiger partial charge on any atom is -0.495 e. The lowest BCUT2D eigenvalue weighted by atomic mass is 10.2. The van der Waals surface area contributed by atoms with Crippen molar-refractivity contribution in [1.82, 2.24) is 14.9 Å². The Kier molecular flexibility index (Phi) is 6.32. The molecule has 1 aromatic carbocycles. The molecule has 3 aromatic rings. The van der Waals surface area contributed by atoms with E-state index >= 15 is 0 Å². The number of anilines is 2. The first-order valence-electron chi connectivity index (χ1n) is 10.3. The number of carbonyl (C=O) groups excluding carboxylic acids is 1. The summed E-state index contributed by atoms with van der Waals surface area (Å²) >= 11 is 1.69. The molecule has 8 heteroatoms. The van der Waals surface area contributed by atoms with Crippen molar-refractivity contribution in [2.75, 3.05) is 50.1 Å². The van der Waals surface area contributed by atoms with Gasteiger partial charge < -0.3 is 19.9 Å². The highest BCUT2D eigenvalue weighted by Gasteiger charge is 2.22. The molecule has 4 rings (SSSR count). The van der Waals surface area contributed by atoms with Gasteiger partial charge in [-0.05, 0) is 24.6 Å². The number of amides is 1. The molecule has 7 nitrogen and oxygen atoms in total. The van der Waals surface area contributed by atoms with Crippen LogP contribution in [-0.2, 0) is 11.2 Å². The van der Waals surface area contributed by atoms with Crippen molar-refractivity contribution in [3.8, 4) is 5.75 Å². The number of ether oxygens (including phenoxy) is 1. The third kappa shape index (κ3) is 4.33. The predicted molar refractivity (Wildman–Crippen MR) is 122 cm³/mol. The number of para-hydroxylation sites is 2. The second-order valence-corrected chi connectivity index (χ2v) is 8.34. The van der Waals surface area contributed by atoms with Crippen LogP contribution in [0.3, 0.4) is 0 Å². The smallest absolute Gasteiger partial charge is 0.224 e. The zero-order valence-corrected chi connectivity index (χ0v) is 18.2. The molecular weight excluding hydrogens is 398 g/mol. The standard InChI is InChI=1S/C22H27N5O2S/c1-3-16-14-17-21(24-15-25-22(17)30-16)23-9-8-20(28)27-12-10-26(11-13-27)18-6-4-5-7-19(18)29-2/h4-7,14-15H,3,8-13H2,1-2H3,(H,23,24,25). The first kappa shape index (κ1) is 20.4. The normalized spacial score (nSPS) is 14.2. The third-order valence-corrected chi connectivity index (χ3v) is 6.61. The number of aryl methyl sites for hydroxylation is 1. The zero-order chi connectivity index (χ0) is 20.9. The number of benzene rings is 1. The zero-order valence-electron chi connectivity index (χ0n) is 17.4. The van der Waals surface area contributed by atoms with Gasteiger partial charge in [0.15, 0.2) is 0 Å². The Morgan fingerprint density at radius 3 is 2.77 bits per heavy atom. The van der Waals surface area contributed by atoms with Gasteiger partial charge in [0.25, 0.3) is 0 Å². The number of piperazine rings is 1. The molecule has 158 valence electrons. The number of fused-ring (bicyclic) bond motifs is 1. The van der Waals surface area contributed by atoms with Crippen LogP contribution in [-0.4, -0.2) is 60.6 Å². The van der Waals surface area contributed by atoms with Crippen LogP contribution in [0.15, 0.2) is 36.7 Å². The third-order valence-electron chi connectivity index (χ3n) is 5.42. The average molecular weight is 426 g/mol. The summed E-state index contributed by atoms with van der Waals surface area (Å²) in [4.78, 5) is 27.9. The van der Waals surface area contributed by atoms with E-state index in [1.54, 1.807) is 24.8 Å². The first-order chi connectivity index (χ1) is 14.7. The number of hydrogen-bond acceptors (Lipinski definition) is 7. The molecule has 0 aliphatic carbocycles. The summed E-state index contributed by atoms with van der Waals surface area (Å²) in [6, 6.07) is 10.2. The molecule has 0 bridgehead atoms. The number of hydrogen-bond donors (Lipinski definition) is 1. The summed E-state index contributed by atoms with van der Waals surface area (Å²) in [6.07, 6.45) is 3.02. The minimum atomic E-state index is 0.173. The molecule has 0 unspecified atom stereocenters.